The van der Waals surface area contributed by atoms with Gasteiger partial charge in [-0.1, -0.05) is 17.3 Å². The van der Waals surface area contributed by atoms with Gasteiger partial charge >= 0.3 is 0 Å². The minimum Gasteiger partial charge on any atom is -0.490 e. The summed E-state index contributed by atoms with van der Waals surface area (Å²) >= 11 is 0. The molecule has 34 heavy (non-hydrogen) atoms. The van der Waals surface area contributed by atoms with Gasteiger partial charge in [-0.3, -0.25) is 0 Å². The molecule has 0 spiro atoms. The molecule has 0 bridgehead atoms. The predicted octanol–water partition coefficient (Wildman–Crippen LogP) is 5.08. The third-order valence-corrected chi connectivity index (χ3v) is 6.36. The van der Waals surface area contributed by atoms with Crippen molar-refractivity contribution in [3.8, 4) is 17.0 Å². The SMILES string of the molecule is Cc1noc(NS(=O)(=O)c2ccc(Nc3cc(-c4ccccc4OC(C)C)ncn3)cc2)c1C. The Morgan fingerprint density at radius 2 is 1.74 bits per heavy atom. The zero-order valence-corrected chi connectivity index (χ0v) is 20.1. The standard InChI is InChI=1S/C24H25N5O4S/c1-15(2)32-22-8-6-5-7-20(22)21-13-23(26-14-25-21)27-18-9-11-19(12-10-18)34(30,31)29-24-16(3)17(4)28-33-24/h5-15,29H,1-4H3,(H,25,26,27). The molecular weight excluding hydrogens is 454 g/mol. The number of nitrogens with one attached hydrogen (secondary N) is 2. The molecule has 2 heterocycles. The predicted molar refractivity (Wildman–Crippen MR) is 130 cm³/mol. The highest BCUT2D eigenvalue weighted by Crippen LogP contribution is 2.30. The zero-order valence-electron chi connectivity index (χ0n) is 19.2. The summed E-state index contributed by atoms with van der Waals surface area (Å²) in [5, 5.41) is 6.95. The smallest absolute Gasteiger partial charge is 0.264 e. The first-order valence-electron chi connectivity index (χ1n) is 10.6. The van der Waals surface area contributed by atoms with Gasteiger partial charge in [-0.15, -0.1) is 0 Å². The van der Waals surface area contributed by atoms with Gasteiger partial charge in [-0.2, -0.15) is 0 Å². The quantitative estimate of drug-likeness (QED) is 0.359. The van der Waals surface area contributed by atoms with Crippen LogP contribution in [-0.4, -0.2) is 29.6 Å². The normalized spacial score (nSPS) is 11.4. The Bertz CT molecular complexity index is 1400. The van der Waals surface area contributed by atoms with Crippen LogP contribution >= 0.6 is 0 Å². The number of hydrogen-bond acceptors (Lipinski definition) is 8. The number of aryl methyl sites for hydroxylation is 1. The second-order valence-electron chi connectivity index (χ2n) is 7.93. The number of sulfonamides is 1. The number of anilines is 3. The fourth-order valence-electron chi connectivity index (χ4n) is 3.16. The van der Waals surface area contributed by atoms with E-state index < -0.39 is 10.0 Å². The van der Waals surface area contributed by atoms with E-state index in [1.165, 1.54) is 18.5 Å². The monoisotopic (exact) mass is 479 g/mol. The molecule has 0 fully saturated rings. The van der Waals surface area contributed by atoms with E-state index in [1.54, 1.807) is 26.0 Å². The molecule has 4 aromatic rings. The van der Waals surface area contributed by atoms with Crippen molar-refractivity contribution in [3.05, 3.63) is 72.2 Å². The molecule has 0 aliphatic heterocycles. The first kappa shape index (κ1) is 23.2. The fourth-order valence-corrected chi connectivity index (χ4v) is 4.21. The molecule has 4 rings (SSSR count). The lowest BCUT2D eigenvalue weighted by Gasteiger charge is -2.14. The van der Waals surface area contributed by atoms with Crippen molar-refractivity contribution in [1.82, 2.24) is 15.1 Å². The third-order valence-electron chi connectivity index (χ3n) is 5.01. The summed E-state index contributed by atoms with van der Waals surface area (Å²) in [4.78, 5) is 8.75. The van der Waals surface area contributed by atoms with E-state index in [4.69, 9.17) is 9.26 Å². The summed E-state index contributed by atoms with van der Waals surface area (Å²) < 4.78 is 38.8. The third kappa shape index (κ3) is 5.18. The number of benzene rings is 2. The Morgan fingerprint density at radius 3 is 2.41 bits per heavy atom. The fraction of sp³-hybridized carbons (Fsp3) is 0.208. The molecule has 176 valence electrons. The maximum Gasteiger partial charge on any atom is 0.264 e. The molecule has 2 aromatic carbocycles. The van der Waals surface area contributed by atoms with E-state index in [9.17, 15) is 8.42 Å². The number of aromatic nitrogens is 3. The van der Waals surface area contributed by atoms with Gasteiger partial charge in [0, 0.05) is 22.9 Å². The van der Waals surface area contributed by atoms with Crippen molar-refractivity contribution in [3.63, 3.8) is 0 Å². The molecule has 2 aromatic heterocycles. The van der Waals surface area contributed by atoms with Crippen LogP contribution < -0.4 is 14.8 Å². The van der Waals surface area contributed by atoms with Crippen molar-refractivity contribution >= 4 is 27.4 Å². The Labute approximate surface area is 198 Å². The number of ether oxygens (including phenoxy) is 1. The minimum absolute atomic E-state index is 0.0295. The molecule has 0 amide bonds. The topological polar surface area (TPSA) is 119 Å². The molecule has 0 unspecified atom stereocenters. The highest BCUT2D eigenvalue weighted by molar-refractivity contribution is 7.92. The summed E-state index contributed by atoms with van der Waals surface area (Å²) in [5.41, 5.74) is 3.49. The molecule has 0 saturated carbocycles. The Balaban J connectivity index is 1.52. The summed E-state index contributed by atoms with van der Waals surface area (Å²) in [6.45, 7) is 7.42. The average Bonchev–Trinajstić information content (AvgIpc) is 3.11. The lowest BCUT2D eigenvalue weighted by molar-refractivity contribution is 0.243. The van der Waals surface area contributed by atoms with Crippen LogP contribution in [0.2, 0.25) is 0 Å². The van der Waals surface area contributed by atoms with Crippen molar-refractivity contribution < 1.29 is 17.7 Å². The van der Waals surface area contributed by atoms with Gasteiger partial charge in [0.1, 0.15) is 17.9 Å². The van der Waals surface area contributed by atoms with Crippen LogP contribution in [0.3, 0.4) is 0 Å². The van der Waals surface area contributed by atoms with Crippen LogP contribution in [0, 0.1) is 13.8 Å². The first-order chi connectivity index (χ1) is 16.2. The van der Waals surface area contributed by atoms with Crippen LogP contribution in [0.5, 0.6) is 5.75 Å². The number of para-hydroxylation sites is 1. The Morgan fingerprint density at radius 1 is 1.00 bits per heavy atom. The van der Waals surface area contributed by atoms with E-state index in [0.29, 0.717) is 28.5 Å². The van der Waals surface area contributed by atoms with Gasteiger partial charge in [0.25, 0.3) is 10.0 Å². The second-order valence-corrected chi connectivity index (χ2v) is 9.61. The van der Waals surface area contributed by atoms with Gasteiger partial charge in [0.15, 0.2) is 0 Å². The van der Waals surface area contributed by atoms with E-state index in [2.05, 4.69) is 25.2 Å². The lowest BCUT2D eigenvalue weighted by atomic mass is 10.1. The van der Waals surface area contributed by atoms with Gasteiger partial charge in [-0.05, 0) is 64.1 Å². The summed E-state index contributed by atoms with van der Waals surface area (Å²) in [7, 11) is -3.82. The molecular formula is C24H25N5O4S. The van der Waals surface area contributed by atoms with E-state index in [-0.39, 0.29) is 16.9 Å². The highest BCUT2D eigenvalue weighted by atomic mass is 32.2. The first-order valence-corrected chi connectivity index (χ1v) is 12.1. The van der Waals surface area contributed by atoms with Crippen LogP contribution in [0.1, 0.15) is 25.1 Å². The largest absolute Gasteiger partial charge is 0.490 e. The number of hydrogen-bond donors (Lipinski definition) is 2. The maximum atomic E-state index is 12.7. The minimum atomic E-state index is -3.82. The molecule has 0 radical (unpaired) electrons. The van der Waals surface area contributed by atoms with Crippen LogP contribution in [-0.2, 0) is 10.0 Å². The summed E-state index contributed by atoms with van der Waals surface area (Å²) in [6.07, 6.45) is 1.50. The highest BCUT2D eigenvalue weighted by Gasteiger charge is 2.19. The number of nitrogens with zero attached hydrogens (tertiary/aromatic N) is 3. The molecule has 0 aliphatic carbocycles. The lowest BCUT2D eigenvalue weighted by Crippen LogP contribution is -2.13. The van der Waals surface area contributed by atoms with Crippen molar-refractivity contribution in [1.29, 1.82) is 0 Å². The van der Waals surface area contributed by atoms with E-state index in [0.717, 1.165) is 11.3 Å². The molecule has 0 aliphatic rings. The van der Waals surface area contributed by atoms with Crippen molar-refractivity contribution in [2.75, 3.05) is 10.0 Å². The molecule has 10 heteroatoms. The Kier molecular flexibility index (Phi) is 6.51. The molecule has 0 saturated heterocycles. The van der Waals surface area contributed by atoms with Crippen LogP contribution in [0.15, 0.2) is 70.3 Å². The zero-order chi connectivity index (χ0) is 24.3. The molecule has 9 nitrogen and oxygen atoms in total. The molecule has 2 N–H and O–H groups in total. The average molecular weight is 480 g/mol. The summed E-state index contributed by atoms with van der Waals surface area (Å²) in [6, 6.07) is 15.8. The Hall–Kier alpha value is -3.92. The van der Waals surface area contributed by atoms with Gasteiger partial charge in [-0.25, -0.2) is 23.1 Å². The van der Waals surface area contributed by atoms with E-state index >= 15 is 0 Å². The molecule has 0 atom stereocenters. The second kappa shape index (κ2) is 9.52. The van der Waals surface area contributed by atoms with Gasteiger partial charge < -0.3 is 14.6 Å². The number of rotatable bonds is 8. The van der Waals surface area contributed by atoms with Gasteiger partial charge in [0.2, 0.25) is 5.88 Å². The van der Waals surface area contributed by atoms with Crippen LogP contribution in [0.4, 0.5) is 17.4 Å². The maximum absolute atomic E-state index is 12.7. The van der Waals surface area contributed by atoms with Crippen molar-refractivity contribution in [2.24, 2.45) is 0 Å². The van der Waals surface area contributed by atoms with Gasteiger partial charge in [0.05, 0.1) is 22.4 Å². The summed E-state index contributed by atoms with van der Waals surface area (Å²) in [5.74, 6) is 1.40. The van der Waals surface area contributed by atoms with Crippen molar-refractivity contribution in [2.45, 2.75) is 38.7 Å². The van der Waals surface area contributed by atoms with E-state index in [1.807, 2.05) is 44.2 Å². The van der Waals surface area contributed by atoms with Crippen LogP contribution in [0.25, 0.3) is 11.3 Å².